The normalized spacial score (nSPS) is 13.0. The van der Waals surface area contributed by atoms with Crippen molar-refractivity contribution in [1.29, 1.82) is 0 Å². The summed E-state index contributed by atoms with van der Waals surface area (Å²) in [6, 6.07) is 0. The second kappa shape index (κ2) is 49.7. The van der Waals surface area contributed by atoms with Crippen LogP contribution in [0.4, 0.5) is 0 Å². The molecular weight excluding hydrogens is 769 g/mol. The fourth-order valence-electron chi connectivity index (χ4n) is 6.41. The quantitative estimate of drug-likeness (QED) is 0.0200. The van der Waals surface area contributed by atoms with E-state index in [0.717, 1.165) is 96.3 Å². The van der Waals surface area contributed by atoms with E-state index in [-0.39, 0.29) is 31.1 Å². The maximum atomic E-state index is 12.8. The largest absolute Gasteiger partial charge is 0.462 e. The van der Waals surface area contributed by atoms with E-state index in [9.17, 15) is 14.4 Å². The number of carbonyl (C=O) groups is 3. The summed E-state index contributed by atoms with van der Waals surface area (Å²) < 4.78 is 16.7. The van der Waals surface area contributed by atoms with Gasteiger partial charge in [0.2, 0.25) is 0 Å². The van der Waals surface area contributed by atoms with E-state index in [4.69, 9.17) is 14.2 Å². The van der Waals surface area contributed by atoms with Gasteiger partial charge < -0.3 is 14.2 Å². The van der Waals surface area contributed by atoms with Gasteiger partial charge in [-0.1, -0.05) is 207 Å². The van der Waals surface area contributed by atoms with Crippen molar-refractivity contribution >= 4 is 17.9 Å². The summed E-state index contributed by atoms with van der Waals surface area (Å²) >= 11 is 0. The second-order valence-corrected chi connectivity index (χ2v) is 16.2. The summed E-state index contributed by atoms with van der Waals surface area (Å²) in [6.07, 6.45) is 66.3. The highest BCUT2D eigenvalue weighted by atomic mass is 16.6. The van der Waals surface area contributed by atoms with Gasteiger partial charge in [0.15, 0.2) is 6.10 Å². The maximum Gasteiger partial charge on any atom is 0.306 e. The highest BCUT2D eigenvalue weighted by Crippen LogP contribution is 2.13. The van der Waals surface area contributed by atoms with Gasteiger partial charge in [-0.3, -0.25) is 14.4 Å². The molecule has 6 nitrogen and oxygen atoms in total. The highest BCUT2D eigenvalue weighted by molar-refractivity contribution is 5.71. The van der Waals surface area contributed by atoms with Crippen molar-refractivity contribution in [2.24, 2.45) is 0 Å². The van der Waals surface area contributed by atoms with Crippen LogP contribution in [0, 0.1) is 0 Å². The Morgan fingerprint density at radius 1 is 0.339 bits per heavy atom. The number of carbonyl (C=O) groups excluding carboxylic acids is 3. The van der Waals surface area contributed by atoms with Crippen molar-refractivity contribution in [3.8, 4) is 0 Å². The number of hydrogen-bond donors (Lipinski definition) is 0. The lowest BCUT2D eigenvalue weighted by atomic mass is 10.1. The predicted molar refractivity (Wildman–Crippen MR) is 265 cm³/mol. The average Bonchev–Trinajstić information content (AvgIpc) is 3.27. The molecule has 0 aliphatic heterocycles. The SMILES string of the molecule is CC\C=C/C=C\C=C/C=C\C=C\C=C/C=C\CCCCCC(=O)OCC(COC(=O)CCCCCCC/C=C\CCCCC)OC(=O)CCCCC/C=C\CCCCCCCC. The lowest BCUT2D eigenvalue weighted by Gasteiger charge is -2.18. The molecular formula is C56H90O6. The van der Waals surface area contributed by atoms with E-state index in [2.05, 4.69) is 57.2 Å². The van der Waals surface area contributed by atoms with Crippen LogP contribution < -0.4 is 0 Å². The molecule has 0 radical (unpaired) electrons. The summed E-state index contributed by atoms with van der Waals surface area (Å²) in [6.45, 7) is 6.38. The van der Waals surface area contributed by atoms with Crippen molar-refractivity contribution in [3.05, 3.63) is 109 Å². The van der Waals surface area contributed by atoms with Crippen LogP contribution in [0.15, 0.2) is 109 Å². The van der Waals surface area contributed by atoms with Crippen molar-refractivity contribution in [3.63, 3.8) is 0 Å². The van der Waals surface area contributed by atoms with Crippen molar-refractivity contribution in [1.82, 2.24) is 0 Å². The first-order valence-electron chi connectivity index (χ1n) is 25.0. The van der Waals surface area contributed by atoms with Crippen LogP contribution in [-0.4, -0.2) is 37.2 Å². The van der Waals surface area contributed by atoms with E-state index in [1.807, 2.05) is 72.9 Å². The van der Waals surface area contributed by atoms with E-state index in [1.165, 1.54) is 70.6 Å². The van der Waals surface area contributed by atoms with Gasteiger partial charge in [-0.2, -0.15) is 0 Å². The number of unbranched alkanes of at least 4 members (excludes halogenated alkanes) is 20. The minimum Gasteiger partial charge on any atom is -0.462 e. The molecule has 350 valence electrons. The molecule has 6 heteroatoms. The summed E-state index contributed by atoms with van der Waals surface area (Å²) in [4.78, 5) is 37.9. The zero-order valence-electron chi connectivity index (χ0n) is 39.8. The molecule has 0 spiro atoms. The Morgan fingerprint density at radius 2 is 0.645 bits per heavy atom. The second-order valence-electron chi connectivity index (χ2n) is 16.2. The molecule has 0 amide bonds. The van der Waals surface area contributed by atoms with Gasteiger partial charge in [0.05, 0.1) is 0 Å². The van der Waals surface area contributed by atoms with Crippen LogP contribution in [-0.2, 0) is 28.6 Å². The first kappa shape index (κ1) is 58.1. The summed E-state index contributed by atoms with van der Waals surface area (Å²) in [7, 11) is 0. The number of allylic oxidation sites excluding steroid dienone is 18. The van der Waals surface area contributed by atoms with Gasteiger partial charge in [0.25, 0.3) is 0 Å². The number of ether oxygens (including phenoxy) is 3. The summed E-state index contributed by atoms with van der Waals surface area (Å²) in [5, 5.41) is 0. The van der Waals surface area contributed by atoms with E-state index < -0.39 is 6.10 Å². The molecule has 0 saturated heterocycles. The van der Waals surface area contributed by atoms with Crippen LogP contribution in [0.5, 0.6) is 0 Å². The molecule has 0 bridgehead atoms. The molecule has 0 saturated carbocycles. The zero-order valence-corrected chi connectivity index (χ0v) is 39.8. The molecule has 1 unspecified atom stereocenters. The third-order valence-corrected chi connectivity index (χ3v) is 10.2. The van der Waals surface area contributed by atoms with Crippen molar-refractivity contribution in [2.75, 3.05) is 13.2 Å². The zero-order chi connectivity index (χ0) is 45.1. The fourth-order valence-corrected chi connectivity index (χ4v) is 6.41. The summed E-state index contributed by atoms with van der Waals surface area (Å²) in [5.74, 6) is -0.984. The number of rotatable bonds is 43. The van der Waals surface area contributed by atoms with E-state index in [1.54, 1.807) is 0 Å². The Kier molecular flexibility index (Phi) is 46.6. The molecule has 0 rings (SSSR count). The van der Waals surface area contributed by atoms with Gasteiger partial charge in [0, 0.05) is 19.3 Å². The van der Waals surface area contributed by atoms with Crippen LogP contribution >= 0.6 is 0 Å². The molecule has 62 heavy (non-hydrogen) atoms. The standard InChI is InChI=1S/C56H90O6/c1-4-7-10-13-16-19-22-25-26-27-28-29-30-32-34-37-40-43-46-49-55(58)61-52-53(51-60-54(57)48-45-42-39-36-33-24-21-18-15-12-9-6-3)62-56(59)50-47-44-41-38-35-31-23-20-17-14-11-8-5-2/h7,10,13,16,18-19,21-22,25-32,34-35,53H,4-6,8-9,11-12,14-15,17,20,23-24,33,36-52H2,1-3H3/b10-7-,16-13-,21-18-,22-19-,26-25-,28-27+,30-29-,34-32-,35-31-. The van der Waals surface area contributed by atoms with Gasteiger partial charge in [-0.15, -0.1) is 0 Å². The first-order chi connectivity index (χ1) is 30.5. The third kappa shape index (κ3) is 47.1. The molecule has 0 aliphatic rings. The van der Waals surface area contributed by atoms with Crippen LogP contribution in [0.2, 0.25) is 0 Å². The minimum absolute atomic E-state index is 0.105. The Bertz CT molecular complexity index is 1310. The molecule has 1 atom stereocenters. The lowest BCUT2D eigenvalue weighted by molar-refractivity contribution is -0.167. The van der Waals surface area contributed by atoms with Gasteiger partial charge in [-0.25, -0.2) is 0 Å². The third-order valence-electron chi connectivity index (χ3n) is 10.2. The van der Waals surface area contributed by atoms with Crippen molar-refractivity contribution in [2.45, 2.75) is 213 Å². The average molecular weight is 859 g/mol. The topological polar surface area (TPSA) is 78.9 Å². The Morgan fingerprint density at radius 3 is 1.08 bits per heavy atom. The smallest absolute Gasteiger partial charge is 0.306 e. The predicted octanol–water partition coefficient (Wildman–Crippen LogP) is 16.4. The molecule has 0 heterocycles. The fraction of sp³-hybridized carbons (Fsp3) is 0.625. The van der Waals surface area contributed by atoms with E-state index >= 15 is 0 Å². The molecule has 0 aromatic heterocycles. The van der Waals surface area contributed by atoms with Gasteiger partial charge in [0.1, 0.15) is 13.2 Å². The van der Waals surface area contributed by atoms with Gasteiger partial charge >= 0.3 is 17.9 Å². The minimum atomic E-state index is -0.809. The van der Waals surface area contributed by atoms with Crippen LogP contribution in [0.25, 0.3) is 0 Å². The number of hydrogen-bond acceptors (Lipinski definition) is 6. The molecule has 0 N–H and O–H groups in total. The molecule has 0 aromatic rings. The van der Waals surface area contributed by atoms with Crippen LogP contribution in [0.1, 0.15) is 207 Å². The lowest BCUT2D eigenvalue weighted by Crippen LogP contribution is -2.30. The Labute approximate surface area is 380 Å². The van der Waals surface area contributed by atoms with E-state index in [0.29, 0.717) is 19.3 Å². The Balaban J connectivity index is 4.53. The summed E-state index contributed by atoms with van der Waals surface area (Å²) in [5.41, 5.74) is 0. The number of esters is 3. The molecule has 0 aromatic carbocycles. The van der Waals surface area contributed by atoms with Gasteiger partial charge in [-0.05, 0) is 89.9 Å². The monoisotopic (exact) mass is 859 g/mol. The Hall–Kier alpha value is -3.93. The maximum absolute atomic E-state index is 12.8. The molecule has 0 aliphatic carbocycles. The first-order valence-corrected chi connectivity index (χ1v) is 25.0. The van der Waals surface area contributed by atoms with Crippen LogP contribution in [0.3, 0.4) is 0 Å². The van der Waals surface area contributed by atoms with Crippen molar-refractivity contribution < 1.29 is 28.6 Å². The molecule has 0 fully saturated rings. The highest BCUT2D eigenvalue weighted by Gasteiger charge is 2.19.